The fraction of sp³-hybridized carbons (Fsp3) is 0.571. The largest absolute Gasteiger partial charge is 0.703 e. The molecule has 0 rings (SSSR count). The minimum atomic E-state index is -0.232. The summed E-state index contributed by atoms with van der Waals surface area (Å²) in [6, 6.07) is 0. The second-order valence-electron chi connectivity index (χ2n) is 1.74. The molecule has 0 atom stereocenters. The Balaban J connectivity index is -0.000000320. The van der Waals surface area contributed by atoms with Gasteiger partial charge in [0.15, 0.2) is 0 Å². The molecular weight excluding hydrogens is 382 g/mol. The number of aliphatic hydroxyl groups is 1. The van der Waals surface area contributed by atoms with Crippen molar-refractivity contribution in [3.05, 3.63) is 25.4 Å². The molecule has 11 heavy (non-hydrogen) atoms. The van der Waals surface area contributed by atoms with Crippen molar-refractivity contribution in [3.63, 3.8) is 0 Å². The van der Waals surface area contributed by atoms with Gasteiger partial charge in [0.05, 0.1) is 0 Å². The van der Waals surface area contributed by atoms with E-state index in [2.05, 4.69) is 11.3 Å². The summed E-state index contributed by atoms with van der Waals surface area (Å²) in [6.07, 6.45) is 1.42. The van der Waals surface area contributed by atoms with Gasteiger partial charge in [-0.2, -0.15) is 5.70 Å². The average Bonchev–Trinajstić information content (AvgIpc) is 1.80. The van der Waals surface area contributed by atoms with Crippen LogP contribution >= 0.6 is 0 Å². The Labute approximate surface area is 62.5 Å². The maximum Gasteiger partial charge on any atom is 0.143 e. The molecule has 2 N–H and O–H groups in total. The fourth-order valence-electron chi connectivity index (χ4n) is 0.452. The third kappa shape index (κ3) is 17.7. The normalized spacial score (nSPS) is 7.73. The van der Waals surface area contributed by atoms with E-state index in [-0.39, 0.29) is 14.2 Å². The summed E-state index contributed by atoms with van der Waals surface area (Å²) in [5, 5.41) is 8.14. The molecule has 0 aliphatic carbocycles. The molecule has 4 heteroatoms. The molecule has 0 aliphatic heterocycles. The smallest absolute Gasteiger partial charge is 0.143 e. The Morgan fingerprint density at radius 3 is 2.45 bits per heavy atom. The predicted molar refractivity (Wildman–Crippen MR) is 42.1 cm³/mol. The summed E-state index contributed by atoms with van der Waals surface area (Å²) in [4.78, 5) is 0. The Morgan fingerprint density at radius 2 is 2.09 bits per heavy atom. The first-order chi connectivity index (χ1) is 4.27. The molecule has 0 amide bonds. The molecule has 0 aromatic heterocycles. The van der Waals surface area contributed by atoms with Gasteiger partial charge in [-0.05, 0) is 12.8 Å². The molecule has 0 fully saturated rings. The molecule has 73 valence electrons. The molecule has 0 aromatic carbocycles. The Morgan fingerprint density at radius 1 is 1.55 bits per heavy atom. The van der Waals surface area contributed by atoms with Crippen molar-refractivity contribution in [1.82, 2.24) is 0 Å². The van der Waals surface area contributed by atoms with E-state index in [0.29, 0.717) is 18.7 Å². The van der Waals surface area contributed by atoms with Crippen LogP contribution in [0.5, 0.6) is 0 Å². The number of hydrogen-bond acceptors (Lipinski definition) is 2. The Bertz CT molecular complexity index is 88.5. The summed E-state index contributed by atoms with van der Waals surface area (Å²) in [5.41, 5.74) is 7.31. The number of nitrogens with one attached hydrogen (secondary N) is 1. The SMILES string of the molecule is C=C([NH-])CCCOCO.[CH3-].[Es]. The van der Waals surface area contributed by atoms with Gasteiger partial charge in [0.2, 0.25) is 0 Å². The van der Waals surface area contributed by atoms with Crippen LogP contribution in [-0.2, 0) is 4.74 Å². The van der Waals surface area contributed by atoms with Crippen molar-refractivity contribution >= 4 is 0 Å². The zero-order chi connectivity index (χ0) is 7.11. The summed E-state index contributed by atoms with van der Waals surface area (Å²) < 4.78 is 4.62. The number of allylic oxidation sites excluding steroid dienone is 1. The minimum absolute atomic E-state index is 0. The van der Waals surface area contributed by atoms with Gasteiger partial charge >= 0.3 is 0 Å². The average molecular weight is 397 g/mol. The molecule has 0 heterocycles. The first-order valence-corrected chi connectivity index (χ1v) is 2.85. The van der Waals surface area contributed by atoms with Crippen LogP contribution in [0.25, 0.3) is 5.73 Å². The van der Waals surface area contributed by atoms with E-state index in [0.717, 1.165) is 6.42 Å². The zero-order valence-corrected chi connectivity index (χ0v) is 9.20. The van der Waals surface area contributed by atoms with Gasteiger partial charge in [0.25, 0.3) is 0 Å². The number of ether oxygens (including phenoxy) is 1. The molecule has 0 saturated heterocycles. The van der Waals surface area contributed by atoms with Crippen LogP contribution in [0.15, 0.2) is 12.3 Å². The van der Waals surface area contributed by atoms with Crippen molar-refractivity contribution < 1.29 is 9.84 Å². The van der Waals surface area contributed by atoms with Gasteiger partial charge in [0.1, 0.15) is 6.79 Å². The van der Waals surface area contributed by atoms with E-state index in [1.54, 1.807) is 0 Å². The molecule has 0 unspecified atom stereocenters. The number of rotatable bonds is 5. The molecule has 3 nitrogen and oxygen atoms in total. The van der Waals surface area contributed by atoms with Gasteiger partial charge in [0, 0.05) is 6.61 Å². The van der Waals surface area contributed by atoms with E-state index < -0.39 is 0 Å². The van der Waals surface area contributed by atoms with Crippen molar-refractivity contribution in [2.45, 2.75) is 12.8 Å². The second-order valence-corrected chi connectivity index (χ2v) is 1.74. The predicted octanol–water partition coefficient (Wildman–Crippen LogP) is 1.75. The van der Waals surface area contributed by atoms with Gasteiger partial charge in [-0.1, -0.05) is 0 Å². The summed E-state index contributed by atoms with van der Waals surface area (Å²) in [5.74, 6) is 0. The molecule has 0 saturated carbocycles. The number of aliphatic hydroxyl groups excluding tert-OH is 1. The first-order valence-electron chi connectivity index (χ1n) is 2.85. The third-order valence-electron chi connectivity index (χ3n) is 0.859. The van der Waals surface area contributed by atoms with E-state index in [1.165, 1.54) is 0 Å². The topological polar surface area (TPSA) is 53.3 Å². The van der Waals surface area contributed by atoms with Crippen molar-refractivity contribution in [2.24, 2.45) is 0 Å². The fourth-order valence-corrected chi connectivity index (χ4v) is 0.452. The van der Waals surface area contributed by atoms with E-state index >= 15 is 0 Å². The molecule has 1 radical (unpaired) electrons. The summed E-state index contributed by atoms with van der Waals surface area (Å²) in [7, 11) is 0. The standard InChI is InChI=1S/C6H12NO2.CH3.Es/c1-6(7)3-2-4-9-5-8;;/h7-8H,1-5H2;1H3;/q2*-1;. The van der Waals surface area contributed by atoms with E-state index in [4.69, 9.17) is 10.8 Å². The maximum absolute atomic E-state index is 8.14. The van der Waals surface area contributed by atoms with Gasteiger partial charge in [-0.25, -0.2) is 0 Å². The molecular formula is C7H15EsNO2-2. The van der Waals surface area contributed by atoms with E-state index in [9.17, 15) is 0 Å². The molecule has 0 spiro atoms. The Hall–Kier alpha value is -1.54. The second kappa shape index (κ2) is 11.3. The van der Waals surface area contributed by atoms with Crippen LogP contribution in [0.3, 0.4) is 0 Å². The first kappa shape index (κ1) is 16.2. The monoisotopic (exact) mass is 397 g/mol. The zero-order valence-electron chi connectivity index (χ0n) is 6.69. The van der Waals surface area contributed by atoms with Crippen molar-refractivity contribution in [1.29, 1.82) is 0 Å². The van der Waals surface area contributed by atoms with Crippen LogP contribution in [-0.4, -0.2) is 18.5 Å². The third-order valence-corrected chi connectivity index (χ3v) is 0.859. The molecule has 0 bridgehead atoms. The van der Waals surface area contributed by atoms with Gasteiger partial charge in [-0.3, -0.25) is 0 Å². The molecule has 0 aliphatic rings. The van der Waals surface area contributed by atoms with Gasteiger partial charge < -0.3 is 23.0 Å². The van der Waals surface area contributed by atoms with Crippen molar-refractivity contribution in [3.8, 4) is 0 Å². The number of hydrogen-bond donors (Lipinski definition) is 1. The van der Waals surface area contributed by atoms with Crippen LogP contribution in [0.4, 0.5) is 0 Å². The Kier molecular flexibility index (Phi) is 16.6. The van der Waals surface area contributed by atoms with Crippen LogP contribution in [0.2, 0.25) is 0 Å². The molecule has 0 aromatic rings. The quantitative estimate of drug-likeness (QED) is 0.437. The van der Waals surface area contributed by atoms with Gasteiger partial charge in [-0.15, -0.1) is 6.58 Å². The van der Waals surface area contributed by atoms with Crippen LogP contribution in [0, 0.1) is 7.43 Å². The summed E-state index contributed by atoms with van der Waals surface area (Å²) >= 11 is 0. The van der Waals surface area contributed by atoms with E-state index in [1.807, 2.05) is 0 Å². The van der Waals surface area contributed by atoms with Crippen LogP contribution < -0.4 is 0 Å². The minimum Gasteiger partial charge on any atom is -0.703 e. The van der Waals surface area contributed by atoms with Crippen LogP contribution in [0.1, 0.15) is 12.8 Å². The summed E-state index contributed by atoms with van der Waals surface area (Å²) in [6.45, 7) is 3.68. The maximum atomic E-state index is 8.14. The van der Waals surface area contributed by atoms with Crippen molar-refractivity contribution in [2.75, 3.05) is 13.4 Å².